The van der Waals surface area contributed by atoms with E-state index in [0.717, 1.165) is 12.8 Å². The zero-order valence-electron chi connectivity index (χ0n) is 11.1. The third-order valence-corrected chi connectivity index (χ3v) is 3.35. The van der Waals surface area contributed by atoms with Gasteiger partial charge in [0.15, 0.2) is 0 Å². The van der Waals surface area contributed by atoms with Gasteiger partial charge < -0.3 is 20.9 Å². The standard InChI is InChI=1S/C14H20N2O3/c1-2-19-12-5-3-4-11(15)13(12)14(18)16-8-9-6-10(17)7-9/h3-5,9-10,17H,2,6-8,15H2,1H3,(H,16,18). The molecule has 0 bridgehead atoms. The molecule has 0 spiro atoms. The predicted octanol–water partition coefficient (Wildman–Crippen LogP) is 1.17. The SMILES string of the molecule is CCOc1cccc(N)c1C(=O)NCC1CC(O)C1. The summed E-state index contributed by atoms with van der Waals surface area (Å²) in [5.41, 5.74) is 6.65. The van der Waals surface area contributed by atoms with Crippen LogP contribution in [0.5, 0.6) is 5.75 Å². The molecule has 0 unspecified atom stereocenters. The number of aliphatic hydroxyl groups is 1. The molecule has 1 aliphatic carbocycles. The first-order chi connectivity index (χ1) is 9.11. The van der Waals surface area contributed by atoms with Crippen molar-refractivity contribution in [3.8, 4) is 5.75 Å². The number of hydrogen-bond donors (Lipinski definition) is 3. The largest absolute Gasteiger partial charge is 0.493 e. The molecule has 1 fully saturated rings. The highest BCUT2D eigenvalue weighted by atomic mass is 16.5. The van der Waals surface area contributed by atoms with E-state index < -0.39 is 0 Å². The summed E-state index contributed by atoms with van der Waals surface area (Å²) < 4.78 is 5.42. The van der Waals surface area contributed by atoms with Crippen LogP contribution in [0.25, 0.3) is 0 Å². The number of nitrogen functional groups attached to an aromatic ring is 1. The van der Waals surface area contributed by atoms with Gasteiger partial charge in [0.05, 0.1) is 12.7 Å². The van der Waals surface area contributed by atoms with Gasteiger partial charge in [0.2, 0.25) is 0 Å². The molecule has 0 heterocycles. The molecule has 1 aromatic carbocycles. The van der Waals surface area contributed by atoms with E-state index in [0.29, 0.717) is 36.1 Å². The molecule has 1 saturated carbocycles. The number of anilines is 1. The second kappa shape index (κ2) is 5.93. The van der Waals surface area contributed by atoms with Gasteiger partial charge in [-0.2, -0.15) is 0 Å². The number of carbonyl (C=O) groups excluding carboxylic acids is 1. The Bertz CT molecular complexity index is 456. The second-order valence-corrected chi connectivity index (χ2v) is 4.85. The van der Waals surface area contributed by atoms with E-state index >= 15 is 0 Å². The average molecular weight is 264 g/mol. The minimum Gasteiger partial charge on any atom is -0.493 e. The van der Waals surface area contributed by atoms with Crippen LogP contribution in [0, 0.1) is 5.92 Å². The van der Waals surface area contributed by atoms with Crippen LogP contribution in [-0.2, 0) is 0 Å². The average Bonchev–Trinajstić information content (AvgIpc) is 2.33. The van der Waals surface area contributed by atoms with E-state index in [2.05, 4.69) is 5.32 Å². The van der Waals surface area contributed by atoms with Gasteiger partial charge >= 0.3 is 0 Å². The van der Waals surface area contributed by atoms with E-state index in [9.17, 15) is 9.90 Å². The molecule has 5 heteroatoms. The monoisotopic (exact) mass is 264 g/mol. The van der Waals surface area contributed by atoms with E-state index in [1.54, 1.807) is 18.2 Å². The number of carbonyl (C=O) groups is 1. The van der Waals surface area contributed by atoms with Crippen molar-refractivity contribution >= 4 is 11.6 Å². The maximum Gasteiger partial charge on any atom is 0.257 e. The number of hydrogen-bond acceptors (Lipinski definition) is 4. The lowest BCUT2D eigenvalue weighted by atomic mass is 9.82. The fourth-order valence-corrected chi connectivity index (χ4v) is 2.26. The van der Waals surface area contributed by atoms with Gasteiger partial charge in [-0.3, -0.25) is 4.79 Å². The minimum atomic E-state index is -0.220. The van der Waals surface area contributed by atoms with Crippen molar-refractivity contribution in [1.29, 1.82) is 0 Å². The smallest absolute Gasteiger partial charge is 0.257 e. The van der Waals surface area contributed by atoms with Crippen LogP contribution < -0.4 is 15.8 Å². The lowest BCUT2D eigenvalue weighted by Gasteiger charge is -2.31. The number of rotatable bonds is 5. The third kappa shape index (κ3) is 3.17. The first-order valence-electron chi connectivity index (χ1n) is 6.59. The maximum atomic E-state index is 12.2. The van der Waals surface area contributed by atoms with Gasteiger partial charge in [0, 0.05) is 12.2 Å². The molecule has 0 aliphatic heterocycles. The van der Waals surface area contributed by atoms with Gasteiger partial charge in [-0.1, -0.05) is 6.07 Å². The molecule has 0 aromatic heterocycles. The number of nitrogens with one attached hydrogen (secondary N) is 1. The molecule has 104 valence electrons. The Morgan fingerprint density at radius 3 is 2.89 bits per heavy atom. The minimum absolute atomic E-state index is 0.206. The predicted molar refractivity (Wildman–Crippen MR) is 73.1 cm³/mol. The number of nitrogens with two attached hydrogens (primary N) is 1. The van der Waals surface area contributed by atoms with Crippen molar-refractivity contribution < 1.29 is 14.6 Å². The van der Waals surface area contributed by atoms with Crippen LogP contribution in [0.2, 0.25) is 0 Å². The normalized spacial score (nSPS) is 21.6. The topological polar surface area (TPSA) is 84.6 Å². The first kappa shape index (κ1) is 13.7. The Kier molecular flexibility index (Phi) is 4.27. The quantitative estimate of drug-likeness (QED) is 0.697. The lowest BCUT2D eigenvalue weighted by molar-refractivity contribution is 0.0420. The second-order valence-electron chi connectivity index (χ2n) is 4.85. The highest BCUT2D eigenvalue weighted by Crippen LogP contribution is 2.27. The zero-order chi connectivity index (χ0) is 13.8. The van der Waals surface area contributed by atoms with Gasteiger partial charge in [0.1, 0.15) is 11.3 Å². The Balaban J connectivity index is 2.01. The van der Waals surface area contributed by atoms with Crippen LogP contribution >= 0.6 is 0 Å². The molecule has 0 radical (unpaired) electrons. The van der Waals surface area contributed by atoms with E-state index in [4.69, 9.17) is 10.5 Å². The number of aliphatic hydroxyl groups excluding tert-OH is 1. The molecular formula is C14H20N2O3. The van der Waals surface area contributed by atoms with Gasteiger partial charge in [0.25, 0.3) is 5.91 Å². The molecule has 0 atom stereocenters. The molecule has 19 heavy (non-hydrogen) atoms. The van der Waals surface area contributed by atoms with Crippen LogP contribution in [-0.4, -0.2) is 30.3 Å². The van der Waals surface area contributed by atoms with Crippen molar-refractivity contribution in [2.45, 2.75) is 25.9 Å². The molecule has 0 saturated heterocycles. The third-order valence-electron chi connectivity index (χ3n) is 3.35. The van der Waals surface area contributed by atoms with E-state index in [-0.39, 0.29) is 12.0 Å². The summed E-state index contributed by atoms with van der Waals surface area (Å²) in [4.78, 5) is 12.2. The Hall–Kier alpha value is -1.75. The summed E-state index contributed by atoms with van der Waals surface area (Å²) in [6, 6.07) is 5.19. The van der Waals surface area contributed by atoms with Gasteiger partial charge in [-0.25, -0.2) is 0 Å². The first-order valence-corrected chi connectivity index (χ1v) is 6.59. The Labute approximate surface area is 112 Å². The fourth-order valence-electron chi connectivity index (χ4n) is 2.26. The Morgan fingerprint density at radius 2 is 2.26 bits per heavy atom. The highest BCUT2D eigenvalue weighted by Gasteiger charge is 2.27. The molecule has 1 aliphatic rings. The van der Waals surface area contributed by atoms with Gasteiger partial charge in [-0.05, 0) is 37.8 Å². The maximum absolute atomic E-state index is 12.2. The van der Waals surface area contributed by atoms with Crippen molar-refractivity contribution in [1.82, 2.24) is 5.32 Å². The molecule has 1 amide bonds. The Morgan fingerprint density at radius 1 is 1.53 bits per heavy atom. The highest BCUT2D eigenvalue weighted by molar-refractivity contribution is 6.01. The summed E-state index contributed by atoms with van der Waals surface area (Å²) >= 11 is 0. The molecule has 4 N–H and O–H groups in total. The van der Waals surface area contributed by atoms with Crippen LogP contribution in [0.1, 0.15) is 30.1 Å². The summed E-state index contributed by atoms with van der Waals surface area (Å²) in [5, 5.41) is 12.1. The molecule has 2 rings (SSSR count). The zero-order valence-corrected chi connectivity index (χ0v) is 11.1. The summed E-state index contributed by atoms with van der Waals surface area (Å²) in [5.74, 6) is 0.649. The van der Waals surface area contributed by atoms with E-state index in [1.807, 2.05) is 6.92 Å². The summed E-state index contributed by atoms with van der Waals surface area (Å²) in [7, 11) is 0. The fraction of sp³-hybridized carbons (Fsp3) is 0.500. The number of benzene rings is 1. The molecule has 5 nitrogen and oxygen atoms in total. The summed E-state index contributed by atoms with van der Waals surface area (Å²) in [6.45, 7) is 2.91. The van der Waals surface area contributed by atoms with Crippen LogP contribution in [0.15, 0.2) is 18.2 Å². The molecule has 1 aromatic rings. The van der Waals surface area contributed by atoms with Crippen molar-refractivity contribution in [2.75, 3.05) is 18.9 Å². The summed E-state index contributed by atoms with van der Waals surface area (Å²) in [6.07, 6.45) is 1.30. The van der Waals surface area contributed by atoms with Gasteiger partial charge in [-0.15, -0.1) is 0 Å². The van der Waals surface area contributed by atoms with E-state index in [1.165, 1.54) is 0 Å². The van der Waals surface area contributed by atoms with Crippen molar-refractivity contribution in [2.24, 2.45) is 5.92 Å². The van der Waals surface area contributed by atoms with Crippen LogP contribution in [0.3, 0.4) is 0 Å². The lowest BCUT2D eigenvalue weighted by Crippen LogP contribution is -2.38. The van der Waals surface area contributed by atoms with Crippen molar-refractivity contribution in [3.05, 3.63) is 23.8 Å². The molecular weight excluding hydrogens is 244 g/mol. The van der Waals surface area contributed by atoms with Crippen molar-refractivity contribution in [3.63, 3.8) is 0 Å². The number of amides is 1. The number of ether oxygens (including phenoxy) is 1. The van der Waals surface area contributed by atoms with Crippen LogP contribution in [0.4, 0.5) is 5.69 Å².